The maximum Gasteiger partial charge on any atom is 0.338 e. The zero-order chi connectivity index (χ0) is 10.7. The summed E-state index contributed by atoms with van der Waals surface area (Å²) in [6.45, 7) is 0.0307. The van der Waals surface area contributed by atoms with Crippen molar-refractivity contribution in [2.75, 3.05) is 6.61 Å². The second-order valence-corrected chi connectivity index (χ2v) is 3.49. The third-order valence-corrected chi connectivity index (χ3v) is 2.44. The first-order chi connectivity index (χ1) is 7.27. The normalized spacial score (nSPS) is 15.6. The van der Waals surface area contributed by atoms with Gasteiger partial charge in [0.1, 0.15) is 12.4 Å². The van der Waals surface area contributed by atoms with Crippen LogP contribution in [0.1, 0.15) is 12.0 Å². The molecule has 0 atom stereocenters. The molecule has 3 nitrogen and oxygen atoms in total. The van der Waals surface area contributed by atoms with Crippen molar-refractivity contribution < 1.29 is 14.6 Å². The van der Waals surface area contributed by atoms with Gasteiger partial charge in [-0.3, -0.25) is 0 Å². The van der Waals surface area contributed by atoms with Gasteiger partial charge in [0, 0.05) is 0 Å². The lowest BCUT2D eigenvalue weighted by Crippen LogP contribution is -2.00. The first-order valence-electron chi connectivity index (χ1n) is 4.89. The zero-order valence-electron chi connectivity index (χ0n) is 8.27. The first kappa shape index (κ1) is 9.77. The highest BCUT2D eigenvalue weighted by Crippen LogP contribution is 2.19. The Bertz CT molecular complexity index is 393. The molecule has 1 aliphatic heterocycles. The van der Waals surface area contributed by atoms with Crippen LogP contribution in [-0.4, -0.2) is 17.7 Å². The molecule has 3 heteroatoms. The SMILES string of the molecule is O=C1OCC(O)=C1CCc1ccccc1. The number of carbonyl (C=O) groups excluding carboxylic acids is 1. The molecule has 1 aromatic carbocycles. The molecule has 0 saturated carbocycles. The van der Waals surface area contributed by atoms with Crippen molar-refractivity contribution in [3.05, 3.63) is 47.2 Å². The highest BCUT2D eigenvalue weighted by Gasteiger charge is 2.23. The van der Waals surface area contributed by atoms with E-state index in [2.05, 4.69) is 0 Å². The van der Waals surface area contributed by atoms with Crippen LogP contribution in [0, 0.1) is 0 Å². The number of carbonyl (C=O) groups is 1. The van der Waals surface area contributed by atoms with Crippen molar-refractivity contribution in [3.8, 4) is 0 Å². The fourth-order valence-electron chi connectivity index (χ4n) is 1.59. The molecule has 1 aromatic rings. The van der Waals surface area contributed by atoms with E-state index in [0.717, 1.165) is 12.0 Å². The number of cyclic esters (lactones) is 1. The molecule has 15 heavy (non-hydrogen) atoms. The van der Waals surface area contributed by atoms with Crippen molar-refractivity contribution in [3.63, 3.8) is 0 Å². The number of aryl methyl sites for hydroxylation is 1. The van der Waals surface area contributed by atoms with Gasteiger partial charge in [0.05, 0.1) is 5.57 Å². The van der Waals surface area contributed by atoms with Gasteiger partial charge < -0.3 is 9.84 Å². The number of esters is 1. The van der Waals surface area contributed by atoms with Crippen molar-refractivity contribution in [2.24, 2.45) is 0 Å². The summed E-state index contributed by atoms with van der Waals surface area (Å²) in [5, 5.41) is 9.37. The number of aliphatic hydroxyl groups is 1. The van der Waals surface area contributed by atoms with Gasteiger partial charge in [0.2, 0.25) is 0 Å². The summed E-state index contributed by atoms with van der Waals surface area (Å²) in [7, 11) is 0. The molecule has 0 fully saturated rings. The quantitative estimate of drug-likeness (QED) is 0.766. The van der Waals surface area contributed by atoms with Gasteiger partial charge in [0.25, 0.3) is 0 Å². The summed E-state index contributed by atoms with van der Waals surface area (Å²) < 4.78 is 4.70. The molecule has 1 heterocycles. The van der Waals surface area contributed by atoms with E-state index in [1.165, 1.54) is 0 Å². The maximum atomic E-state index is 11.2. The molecule has 0 radical (unpaired) electrons. The molecule has 0 amide bonds. The Balaban J connectivity index is 2.00. The van der Waals surface area contributed by atoms with Crippen LogP contribution in [0.3, 0.4) is 0 Å². The Morgan fingerprint density at radius 2 is 1.93 bits per heavy atom. The minimum absolute atomic E-state index is 0.0307. The largest absolute Gasteiger partial charge is 0.508 e. The van der Waals surface area contributed by atoms with E-state index in [-0.39, 0.29) is 18.3 Å². The number of aliphatic hydroxyl groups excluding tert-OH is 1. The van der Waals surface area contributed by atoms with Crippen LogP contribution in [-0.2, 0) is 16.0 Å². The fourth-order valence-corrected chi connectivity index (χ4v) is 1.59. The summed E-state index contributed by atoms with van der Waals surface area (Å²) in [5.41, 5.74) is 1.57. The standard InChI is InChI=1S/C12H12O3/c13-11-8-15-12(14)10(11)7-6-9-4-2-1-3-5-9/h1-5,13H,6-8H2. The van der Waals surface area contributed by atoms with Crippen LogP contribution in [0.4, 0.5) is 0 Å². The van der Waals surface area contributed by atoms with Crippen LogP contribution < -0.4 is 0 Å². The third kappa shape index (κ3) is 2.18. The highest BCUT2D eigenvalue weighted by atomic mass is 16.5. The summed E-state index contributed by atoms with van der Waals surface area (Å²) in [6.07, 6.45) is 1.28. The molecule has 0 spiro atoms. The van der Waals surface area contributed by atoms with Crippen LogP contribution in [0.5, 0.6) is 0 Å². The highest BCUT2D eigenvalue weighted by molar-refractivity contribution is 5.91. The van der Waals surface area contributed by atoms with Gasteiger partial charge in [-0.1, -0.05) is 30.3 Å². The number of ether oxygens (including phenoxy) is 1. The van der Waals surface area contributed by atoms with Crippen LogP contribution >= 0.6 is 0 Å². The Morgan fingerprint density at radius 1 is 1.20 bits per heavy atom. The molecule has 0 aliphatic carbocycles. The van der Waals surface area contributed by atoms with E-state index < -0.39 is 0 Å². The minimum Gasteiger partial charge on any atom is -0.508 e. The zero-order valence-corrected chi connectivity index (χ0v) is 8.27. The van der Waals surface area contributed by atoms with Crippen molar-refractivity contribution in [1.29, 1.82) is 0 Å². The molecule has 0 aromatic heterocycles. The fraction of sp³-hybridized carbons (Fsp3) is 0.250. The molecule has 2 rings (SSSR count). The monoisotopic (exact) mass is 204 g/mol. The first-order valence-corrected chi connectivity index (χ1v) is 4.89. The second-order valence-electron chi connectivity index (χ2n) is 3.49. The Labute approximate surface area is 88.0 Å². The van der Waals surface area contributed by atoms with Crippen molar-refractivity contribution in [1.82, 2.24) is 0 Å². The van der Waals surface area contributed by atoms with Gasteiger partial charge >= 0.3 is 5.97 Å². The predicted molar refractivity (Wildman–Crippen MR) is 55.4 cm³/mol. The van der Waals surface area contributed by atoms with Gasteiger partial charge in [-0.2, -0.15) is 0 Å². The van der Waals surface area contributed by atoms with E-state index in [1.54, 1.807) is 0 Å². The molecule has 0 saturated heterocycles. The average molecular weight is 204 g/mol. The maximum absolute atomic E-state index is 11.2. The average Bonchev–Trinajstić information content (AvgIpc) is 2.58. The summed E-state index contributed by atoms with van der Waals surface area (Å²) in [6, 6.07) is 9.85. The number of hydrogen-bond acceptors (Lipinski definition) is 3. The number of rotatable bonds is 3. The minimum atomic E-state index is -0.386. The van der Waals surface area contributed by atoms with Gasteiger partial charge in [-0.05, 0) is 18.4 Å². The van der Waals surface area contributed by atoms with Crippen LogP contribution in [0.2, 0.25) is 0 Å². The Kier molecular flexibility index (Phi) is 2.72. The summed E-state index contributed by atoms with van der Waals surface area (Å²) in [5.74, 6) is -0.306. The summed E-state index contributed by atoms with van der Waals surface area (Å²) in [4.78, 5) is 11.2. The van der Waals surface area contributed by atoms with Gasteiger partial charge in [0.15, 0.2) is 0 Å². The van der Waals surface area contributed by atoms with E-state index in [4.69, 9.17) is 4.74 Å². The van der Waals surface area contributed by atoms with Crippen LogP contribution in [0.15, 0.2) is 41.7 Å². The molecule has 1 aliphatic rings. The second kappa shape index (κ2) is 4.17. The third-order valence-electron chi connectivity index (χ3n) is 2.44. The lowest BCUT2D eigenvalue weighted by atomic mass is 10.0. The Hall–Kier alpha value is -1.77. The topological polar surface area (TPSA) is 46.5 Å². The predicted octanol–water partition coefficient (Wildman–Crippen LogP) is 1.99. The molecular weight excluding hydrogens is 192 g/mol. The van der Waals surface area contributed by atoms with E-state index in [9.17, 15) is 9.90 Å². The lowest BCUT2D eigenvalue weighted by Gasteiger charge is -2.00. The lowest BCUT2D eigenvalue weighted by molar-refractivity contribution is -0.136. The van der Waals surface area contributed by atoms with Gasteiger partial charge in [-0.15, -0.1) is 0 Å². The van der Waals surface area contributed by atoms with E-state index in [0.29, 0.717) is 12.0 Å². The molecule has 78 valence electrons. The van der Waals surface area contributed by atoms with E-state index >= 15 is 0 Å². The molecular formula is C12H12O3. The van der Waals surface area contributed by atoms with E-state index in [1.807, 2.05) is 30.3 Å². The molecule has 1 N–H and O–H groups in total. The van der Waals surface area contributed by atoms with Gasteiger partial charge in [-0.25, -0.2) is 4.79 Å². The van der Waals surface area contributed by atoms with Crippen LogP contribution in [0.25, 0.3) is 0 Å². The van der Waals surface area contributed by atoms with Crippen molar-refractivity contribution in [2.45, 2.75) is 12.8 Å². The summed E-state index contributed by atoms with van der Waals surface area (Å²) >= 11 is 0. The Morgan fingerprint density at radius 3 is 2.53 bits per heavy atom. The number of benzene rings is 1. The molecule has 0 bridgehead atoms. The number of hydrogen-bond donors (Lipinski definition) is 1. The molecule has 0 unspecified atom stereocenters. The van der Waals surface area contributed by atoms with Crippen molar-refractivity contribution >= 4 is 5.97 Å². The smallest absolute Gasteiger partial charge is 0.338 e.